The first-order chi connectivity index (χ1) is 6.86. The summed E-state index contributed by atoms with van der Waals surface area (Å²) in [6, 6.07) is 9.22. The van der Waals surface area contributed by atoms with E-state index in [-0.39, 0.29) is 5.91 Å². The van der Waals surface area contributed by atoms with E-state index < -0.39 is 0 Å². The van der Waals surface area contributed by atoms with Gasteiger partial charge in [0.15, 0.2) is 0 Å². The highest BCUT2D eigenvalue weighted by atomic mass is 16.2. The number of nitrogens with zero attached hydrogens (tertiary/aromatic N) is 2. The van der Waals surface area contributed by atoms with Crippen LogP contribution in [0.15, 0.2) is 47.2 Å². The van der Waals surface area contributed by atoms with Crippen molar-refractivity contribution in [3.63, 3.8) is 0 Å². The third-order valence-electron chi connectivity index (χ3n) is 1.72. The van der Waals surface area contributed by atoms with Crippen molar-refractivity contribution in [3.05, 3.63) is 42.2 Å². The number of anilines is 1. The third kappa shape index (κ3) is 1.80. The molecule has 0 aromatic heterocycles. The van der Waals surface area contributed by atoms with Gasteiger partial charge in [-0.15, -0.1) is 0 Å². The van der Waals surface area contributed by atoms with Gasteiger partial charge in [0.1, 0.15) is 12.0 Å². The topological polar surface area (TPSA) is 55.6 Å². The Morgan fingerprint density at radius 3 is 2.64 bits per heavy atom. The molecule has 1 aromatic rings. The van der Waals surface area contributed by atoms with E-state index in [9.17, 15) is 4.79 Å². The maximum atomic E-state index is 11.5. The quantitative estimate of drug-likeness (QED) is 0.739. The predicted octanol–water partition coefficient (Wildman–Crippen LogP) is 1.11. The predicted molar refractivity (Wildman–Crippen MR) is 53.8 cm³/mol. The second-order valence-corrected chi connectivity index (χ2v) is 2.73. The number of aliphatic imine (C=N–C) groups is 1. The van der Waals surface area contributed by atoms with Gasteiger partial charge in [-0.2, -0.15) is 0 Å². The summed E-state index contributed by atoms with van der Waals surface area (Å²) in [5.74, 6) is -0.242. The van der Waals surface area contributed by atoms with Gasteiger partial charge in [-0.05, 0) is 12.1 Å². The number of nitrogens with one attached hydrogen (secondary N) is 1. The lowest BCUT2D eigenvalue weighted by molar-refractivity contribution is -0.112. The Kier molecular flexibility index (Phi) is 2.27. The zero-order valence-electron chi connectivity index (χ0n) is 7.34. The van der Waals surface area contributed by atoms with Crippen LogP contribution in [0.1, 0.15) is 0 Å². The van der Waals surface area contributed by atoms with Crippen LogP contribution in [0.2, 0.25) is 0 Å². The number of benzene rings is 1. The Morgan fingerprint density at radius 1 is 1.21 bits per heavy atom. The molecule has 0 unspecified atom stereocenters. The van der Waals surface area contributed by atoms with Crippen molar-refractivity contribution < 1.29 is 4.79 Å². The van der Waals surface area contributed by atoms with Crippen molar-refractivity contribution in [3.8, 4) is 0 Å². The fraction of sp³-hybridized carbons (Fsp3) is 0. The monoisotopic (exact) mass is 186 g/mol. The molecule has 1 N–H and O–H groups in total. The number of carbonyl (C=O) groups excluding carboxylic acids is 1. The Balaban J connectivity index is 2.05. The molecule has 2 rings (SSSR count). The molecule has 1 amide bonds. The SMILES string of the molecule is O=C(Nc1ccccc1)C1=C[N]C=N1. The van der Waals surface area contributed by atoms with E-state index in [1.807, 2.05) is 30.3 Å². The van der Waals surface area contributed by atoms with E-state index in [1.54, 1.807) is 0 Å². The van der Waals surface area contributed by atoms with Crippen LogP contribution >= 0.6 is 0 Å². The van der Waals surface area contributed by atoms with E-state index in [2.05, 4.69) is 15.6 Å². The van der Waals surface area contributed by atoms with Crippen LogP contribution in [-0.4, -0.2) is 12.2 Å². The molecule has 1 heterocycles. The number of rotatable bonds is 2. The van der Waals surface area contributed by atoms with Crippen LogP contribution in [-0.2, 0) is 4.79 Å². The summed E-state index contributed by atoms with van der Waals surface area (Å²) in [6.07, 6.45) is 2.78. The third-order valence-corrected chi connectivity index (χ3v) is 1.72. The second kappa shape index (κ2) is 3.74. The summed E-state index contributed by atoms with van der Waals surface area (Å²) in [5, 5.41) is 6.42. The largest absolute Gasteiger partial charge is 0.321 e. The molecule has 0 spiro atoms. The first kappa shape index (κ1) is 8.50. The van der Waals surface area contributed by atoms with Crippen LogP contribution in [0.5, 0.6) is 0 Å². The summed E-state index contributed by atoms with van der Waals surface area (Å²) in [6.45, 7) is 0. The van der Waals surface area contributed by atoms with Gasteiger partial charge >= 0.3 is 0 Å². The van der Waals surface area contributed by atoms with E-state index in [1.165, 1.54) is 12.5 Å². The first-order valence-electron chi connectivity index (χ1n) is 4.15. The molecule has 1 radical (unpaired) electrons. The summed E-state index contributed by atoms with van der Waals surface area (Å²) >= 11 is 0. The maximum Gasteiger partial charge on any atom is 0.275 e. The fourth-order valence-electron chi connectivity index (χ4n) is 1.07. The minimum absolute atomic E-state index is 0.242. The number of carbonyl (C=O) groups is 1. The van der Waals surface area contributed by atoms with E-state index in [4.69, 9.17) is 0 Å². The van der Waals surface area contributed by atoms with Gasteiger partial charge < -0.3 is 5.32 Å². The average molecular weight is 186 g/mol. The summed E-state index contributed by atoms with van der Waals surface area (Å²) in [4.78, 5) is 15.3. The van der Waals surface area contributed by atoms with Crippen LogP contribution in [0, 0.1) is 0 Å². The van der Waals surface area contributed by atoms with Crippen molar-refractivity contribution in [2.24, 2.45) is 4.99 Å². The van der Waals surface area contributed by atoms with Crippen LogP contribution in [0.4, 0.5) is 5.69 Å². The fourth-order valence-corrected chi connectivity index (χ4v) is 1.07. The van der Waals surface area contributed by atoms with Crippen LogP contribution < -0.4 is 10.6 Å². The van der Waals surface area contributed by atoms with E-state index in [0.29, 0.717) is 5.70 Å². The molecule has 0 saturated heterocycles. The Labute approximate surface area is 81.4 Å². The number of amides is 1. The minimum atomic E-state index is -0.242. The molecule has 1 aliphatic rings. The van der Waals surface area contributed by atoms with E-state index >= 15 is 0 Å². The summed E-state index contributed by atoms with van der Waals surface area (Å²) in [7, 11) is 0. The maximum absolute atomic E-state index is 11.5. The molecular formula is C10H8N3O. The molecule has 1 aromatic carbocycles. The van der Waals surface area contributed by atoms with Crippen molar-refractivity contribution >= 4 is 17.9 Å². The van der Waals surface area contributed by atoms with Gasteiger partial charge in [-0.1, -0.05) is 18.2 Å². The Bertz CT molecular complexity index is 395. The zero-order valence-corrected chi connectivity index (χ0v) is 7.34. The molecule has 0 fully saturated rings. The number of hydrogen-bond acceptors (Lipinski definition) is 2. The van der Waals surface area contributed by atoms with Gasteiger partial charge in [0.2, 0.25) is 0 Å². The molecule has 4 heteroatoms. The smallest absolute Gasteiger partial charge is 0.275 e. The lowest BCUT2D eigenvalue weighted by Gasteiger charge is -2.02. The number of hydrogen-bond donors (Lipinski definition) is 1. The lowest BCUT2D eigenvalue weighted by Crippen LogP contribution is -2.12. The highest BCUT2D eigenvalue weighted by molar-refractivity contribution is 6.05. The summed E-state index contributed by atoms with van der Waals surface area (Å²) < 4.78 is 0. The molecule has 4 nitrogen and oxygen atoms in total. The number of para-hydroxylation sites is 1. The Hall–Kier alpha value is -2.10. The lowest BCUT2D eigenvalue weighted by atomic mass is 10.3. The van der Waals surface area contributed by atoms with Crippen molar-refractivity contribution in [1.82, 2.24) is 5.32 Å². The Morgan fingerprint density at radius 2 is 2.00 bits per heavy atom. The molecule has 14 heavy (non-hydrogen) atoms. The molecule has 0 saturated carbocycles. The zero-order chi connectivity index (χ0) is 9.80. The highest BCUT2D eigenvalue weighted by Gasteiger charge is 2.10. The van der Waals surface area contributed by atoms with Gasteiger partial charge in [0, 0.05) is 5.69 Å². The van der Waals surface area contributed by atoms with Crippen LogP contribution in [0.3, 0.4) is 0 Å². The summed E-state index contributed by atoms with van der Waals surface area (Å²) in [5.41, 5.74) is 1.08. The first-order valence-corrected chi connectivity index (χ1v) is 4.15. The van der Waals surface area contributed by atoms with Gasteiger partial charge in [-0.3, -0.25) is 4.79 Å². The minimum Gasteiger partial charge on any atom is -0.321 e. The molecule has 0 aliphatic carbocycles. The van der Waals surface area contributed by atoms with Gasteiger partial charge in [0.25, 0.3) is 5.91 Å². The van der Waals surface area contributed by atoms with Gasteiger partial charge in [0.05, 0.1) is 6.20 Å². The van der Waals surface area contributed by atoms with Crippen LogP contribution in [0.25, 0.3) is 0 Å². The molecule has 1 aliphatic heterocycles. The highest BCUT2D eigenvalue weighted by Crippen LogP contribution is 2.08. The second-order valence-electron chi connectivity index (χ2n) is 2.73. The molecule has 69 valence electrons. The normalized spacial score (nSPS) is 13.3. The molecule has 0 atom stereocenters. The molecular weight excluding hydrogens is 178 g/mol. The van der Waals surface area contributed by atoms with E-state index in [0.717, 1.165) is 5.69 Å². The van der Waals surface area contributed by atoms with Gasteiger partial charge in [-0.25, -0.2) is 10.3 Å². The van der Waals surface area contributed by atoms with Crippen molar-refractivity contribution in [1.29, 1.82) is 0 Å². The van der Waals surface area contributed by atoms with Crippen molar-refractivity contribution in [2.45, 2.75) is 0 Å². The standard InChI is InChI=1S/C10H8N3O/c14-10(9-6-11-7-12-9)13-8-4-2-1-3-5-8/h1-7H,(H,13,14). The average Bonchev–Trinajstić information content (AvgIpc) is 2.72. The molecule has 0 bridgehead atoms. The van der Waals surface area contributed by atoms with Crippen molar-refractivity contribution in [2.75, 3.05) is 5.32 Å².